The number of rotatable bonds is 2. The molecule has 0 aliphatic heterocycles. The van der Waals surface area contributed by atoms with Crippen molar-refractivity contribution >= 4 is 0 Å². The normalized spacial score (nSPS) is 35.6. The van der Waals surface area contributed by atoms with E-state index in [1.54, 1.807) is 0 Å². The Bertz CT molecular complexity index is 242. The van der Waals surface area contributed by atoms with E-state index < -0.39 is 12.1 Å². The molecule has 17 heavy (non-hydrogen) atoms. The van der Waals surface area contributed by atoms with Crippen molar-refractivity contribution < 1.29 is 13.2 Å². The Morgan fingerprint density at radius 1 is 0.882 bits per heavy atom. The fourth-order valence-electron chi connectivity index (χ4n) is 3.50. The lowest BCUT2D eigenvalue weighted by atomic mass is 9.62. The zero-order valence-electron chi connectivity index (χ0n) is 11.5. The first kappa shape index (κ1) is 14.8. The van der Waals surface area contributed by atoms with E-state index in [2.05, 4.69) is 13.8 Å². The Labute approximate surface area is 103 Å². The van der Waals surface area contributed by atoms with Gasteiger partial charge in [0.15, 0.2) is 0 Å². The molecule has 0 spiro atoms. The van der Waals surface area contributed by atoms with E-state index in [0.717, 1.165) is 6.42 Å². The number of hydrogen-bond donors (Lipinski definition) is 0. The van der Waals surface area contributed by atoms with Crippen molar-refractivity contribution in [3.05, 3.63) is 0 Å². The minimum atomic E-state index is -4.02. The average Bonchev–Trinajstić information content (AvgIpc) is 2.14. The lowest BCUT2D eigenvalue weighted by Gasteiger charge is -2.44. The molecule has 0 nitrogen and oxygen atoms in total. The molecular formula is C14H25F3. The van der Waals surface area contributed by atoms with E-state index in [4.69, 9.17) is 0 Å². The van der Waals surface area contributed by atoms with Crippen molar-refractivity contribution in [2.75, 3.05) is 0 Å². The van der Waals surface area contributed by atoms with Crippen LogP contribution in [0.2, 0.25) is 0 Å². The van der Waals surface area contributed by atoms with Crippen LogP contribution in [0, 0.1) is 35.5 Å². The molecule has 0 amide bonds. The SMILES string of the molecule is CC(C)C1CC(C(C)C)C(C(F)(F)F)CC1C. The summed E-state index contributed by atoms with van der Waals surface area (Å²) in [6, 6.07) is 0. The molecular weight excluding hydrogens is 225 g/mol. The summed E-state index contributed by atoms with van der Waals surface area (Å²) in [6.07, 6.45) is -2.97. The number of alkyl halides is 3. The molecule has 3 heteroatoms. The van der Waals surface area contributed by atoms with Gasteiger partial charge in [-0.25, -0.2) is 0 Å². The maximum absolute atomic E-state index is 13.1. The predicted molar refractivity (Wildman–Crippen MR) is 64.6 cm³/mol. The lowest BCUT2D eigenvalue weighted by molar-refractivity contribution is -0.210. The molecule has 0 aromatic carbocycles. The van der Waals surface area contributed by atoms with Gasteiger partial charge in [0, 0.05) is 0 Å². The molecule has 0 saturated heterocycles. The van der Waals surface area contributed by atoms with Crippen LogP contribution in [-0.4, -0.2) is 6.18 Å². The molecule has 0 radical (unpaired) electrons. The summed E-state index contributed by atoms with van der Waals surface area (Å²) in [5, 5.41) is 0. The van der Waals surface area contributed by atoms with Gasteiger partial charge in [-0.3, -0.25) is 0 Å². The molecule has 1 saturated carbocycles. The van der Waals surface area contributed by atoms with Crippen molar-refractivity contribution in [1.29, 1.82) is 0 Å². The zero-order valence-corrected chi connectivity index (χ0v) is 11.5. The van der Waals surface area contributed by atoms with E-state index in [-0.39, 0.29) is 17.8 Å². The lowest BCUT2D eigenvalue weighted by Crippen LogP contribution is -2.42. The summed E-state index contributed by atoms with van der Waals surface area (Å²) in [6.45, 7) is 10.1. The molecule has 4 atom stereocenters. The van der Waals surface area contributed by atoms with Crippen LogP contribution in [0.15, 0.2) is 0 Å². The van der Waals surface area contributed by atoms with E-state index in [0.29, 0.717) is 18.3 Å². The Balaban J connectivity index is 2.88. The van der Waals surface area contributed by atoms with Crippen molar-refractivity contribution in [1.82, 2.24) is 0 Å². The van der Waals surface area contributed by atoms with Gasteiger partial charge in [-0.05, 0) is 42.4 Å². The van der Waals surface area contributed by atoms with Crippen molar-refractivity contribution in [3.63, 3.8) is 0 Å². The second-order valence-electron chi connectivity index (χ2n) is 6.41. The molecule has 1 aliphatic carbocycles. The molecule has 102 valence electrons. The van der Waals surface area contributed by atoms with Crippen LogP contribution >= 0.6 is 0 Å². The fraction of sp³-hybridized carbons (Fsp3) is 1.00. The summed E-state index contributed by atoms with van der Waals surface area (Å²) in [4.78, 5) is 0. The van der Waals surface area contributed by atoms with Gasteiger partial charge in [0.2, 0.25) is 0 Å². The Kier molecular flexibility index (Phi) is 4.54. The molecule has 1 aliphatic rings. The van der Waals surface area contributed by atoms with Crippen LogP contribution in [0.1, 0.15) is 47.5 Å². The largest absolute Gasteiger partial charge is 0.392 e. The zero-order chi connectivity index (χ0) is 13.4. The molecule has 0 N–H and O–H groups in total. The van der Waals surface area contributed by atoms with Crippen LogP contribution in [0.3, 0.4) is 0 Å². The van der Waals surface area contributed by atoms with Crippen LogP contribution in [0.4, 0.5) is 13.2 Å². The van der Waals surface area contributed by atoms with Crippen LogP contribution in [0.5, 0.6) is 0 Å². The Morgan fingerprint density at radius 2 is 1.35 bits per heavy atom. The van der Waals surface area contributed by atoms with Crippen molar-refractivity contribution in [2.45, 2.75) is 53.6 Å². The average molecular weight is 250 g/mol. The topological polar surface area (TPSA) is 0 Å². The highest BCUT2D eigenvalue weighted by atomic mass is 19.4. The first-order valence-corrected chi connectivity index (χ1v) is 6.71. The molecule has 0 aromatic rings. The predicted octanol–water partition coefficient (Wildman–Crippen LogP) is 5.14. The molecule has 0 heterocycles. The molecule has 0 bridgehead atoms. The summed E-state index contributed by atoms with van der Waals surface area (Å²) in [5.41, 5.74) is 0. The van der Waals surface area contributed by atoms with Gasteiger partial charge in [0.1, 0.15) is 0 Å². The molecule has 1 fully saturated rings. The van der Waals surface area contributed by atoms with Gasteiger partial charge < -0.3 is 0 Å². The summed E-state index contributed by atoms with van der Waals surface area (Å²) in [7, 11) is 0. The van der Waals surface area contributed by atoms with E-state index in [9.17, 15) is 13.2 Å². The highest BCUT2D eigenvalue weighted by Gasteiger charge is 2.50. The first-order chi connectivity index (χ1) is 7.64. The Hall–Kier alpha value is -0.210. The van der Waals surface area contributed by atoms with E-state index in [1.165, 1.54) is 0 Å². The standard InChI is InChI=1S/C14H25F3/c1-8(2)11-7-12(9(3)4)13(6-10(11)5)14(15,16)17/h8-13H,6-7H2,1-5H3. The third-order valence-corrected chi connectivity index (χ3v) is 4.55. The smallest absolute Gasteiger partial charge is 0.171 e. The fourth-order valence-corrected chi connectivity index (χ4v) is 3.50. The van der Waals surface area contributed by atoms with Crippen LogP contribution in [-0.2, 0) is 0 Å². The number of halogens is 3. The quantitative estimate of drug-likeness (QED) is 0.636. The Morgan fingerprint density at radius 3 is 1.71 bits per heavy atom. The third-order valence-electron chi connectivity index (χ3n) is 4.55. The highest BCUT2D eigenvalue weighted by molar-refractivity contribution is 4.89. The molecule has 0 aromatic heterocycles. The molecule has 1 rings (SSSR count). The summed E-state index contributed by atoms with van der Waals surface area (Å²) >= 11 is 0. The number of hydrogen-bond acceptors (Lipinski definition) is 0. The van der Waals surface area contributed by atoms with Gasteiger partial charge in [-0.1, -0.05) is 34.6 Å². The van der Waals surface area contributed by atoms with Crippen molar-refractivity contribution in [2.24, 2.45) is 35.5 Å². The van der Waals surface area contributed by atoms with Gasteiger partial charge >= 0.3 is 6.18 Å². The summed E-state index contributed by atoms with van der Waals surface area (Å²) < 4.78 is 39.2. The minimum absolute atomic E-state index is 0.121. The second-order valence-corrected chi connectivity index (χ2v) is 6.41. The van der Waals surface area contributed by atoms with Gasteiger partial charge in [0.25, 0.3) is 0 Å². The second kappa shape index (κ2) is 5.19. The minimum Gasteiger partial charge on any atom is -0.171 e. The van der Waals surface area contributed by atoms with Crippen LogP contribution in [0.25, 0.3) is 0 Å². The van der Waals surface area contributed by atoms with E-state index in [1.807, 2.05) is 20.8 Å². The third kappa shape index (κ3) is 3.38. The maximum atomic E-state index is 13.1. The van der Waals surface area contributed by atoms with E-state index >= 15 is 0 Å². The highest BCUT2D eigenvalue weighted by Crippen LogP contribution is 2.49. The monoisotopic (exact) mass is 250 g/mol. The van der Waals surface area contributed by atoms with Gasteiger partial charge in [0.05, 0.1) is 5.92 Å². The van der Waals surface area contributed by atoms with Gasteiger partial charge in [-0.15, -0.1) is 0 Å². The first-order valence-electron chi connectivity index (χ1n) is 6.71. The summed E-state index contributed by atoms with van der Waals surface area (Å²) in [5.74, 6) is -0.0421. The van der Waals surface area contributed by atoms with Gasteiger partial charge in [-0.2, -0.15) is 13.2 Å². The van der Waals surface area contributed by atoms with Crippen LogP contribution < -0.4 is 0 Å². The molecule has 4 unspecified atom stereocenters. The maximum Gasteiger partial charge on any atom is 0.392 e. The van der Waals surface area contributed by atoms with Crippen molar-refractivity contribution in [3.8, 4) is 0 Å².